The molecule has 140 valence electrons. The average Bonchev–Trinajstić information content (AvgIpc) is 3.03. The molecule has 2 saturated heterocycles. The van der Waals surface area contributed by atoms with Crippen molar-refractivity contribution in [1.29, 1.82) is 0 Å². The van der Waals surface area contributed by atoms with Gasteiger partial charge in [-0.3, -0.25) is 9.55 Å². The molecule has 0 bridgehead atoms. The zero-order valence-electron chi connectivity index (χ0n) is 15.1. The first-order valence-electron chi connectivity index (χ1n) is 9.29. The first-order valence-corrected chi connectivity index (χ1v) is 9.29. The lowest BCUT2D eigenvalue weighted by atomic mass is 9.98. The van der Waals surface area contributed by atoms with E-state index in [1.807, 2.05) is 16.7 Å². The number of nitrogens with zero attached hydrogens (tertiary/aromatic N) is 4. The van der Waals surface area contributed by atoms with E-state index in [1.54, 1.807) is 11.1 Å². The number of hydrogen-bond acceptors (Lipinski definition) is 5. The third-order valence-electron chi connectivity index (χ3n) is 5.77. The van der Waals surface area contributed by atoms with Crippen LogP contribution in [0, 0.1) is 0 Å². The summed E-state index contributed by atoms with van der Waals surface area (Å²) in [5.74, 6) is 0. The number of amides is 1. The quantitative estimate of drug-likeness (QED) is 0.880. The van der Waals surface area contributed by atoms with Crippen molar-refractivity contribution in [2.24, 2.45) is 0 Å². The molecule has 1 amide bonds. The highest BCUT2D eigenvalue weighted by atomic mass is 16.5. The largest absolute Gasteiger partial charge is 0.453 e. The number of pyridine rings is 1. The van der Waals surface area contributed by atoms with Gasteiger partial charge in [-0.25, -0.2) is 14.6 Å². The summed E-state index contributed by atoms with van der Waals surface area (Å²) in [4.78, 5) is 35.4. The fourth-order valence-corrected chi connectivity index (χ4v) is 4.37. The van der Waals surface area contributed by atoms with Crippen molar-refractivity contribution in [3.8, 4) is 0 Å². The number of imidazole rings is 1. The van der Waals surface area contributed by atoms with Gasteiger partial charge in [-0.2, -0.15) is 0 Å². The highest BCUT2D eigenvalue weighted by molar-refractivity contribution is 5.70. The first-order chi connectivity index (χ1) is 12.7. The molecule has 0 aliphatic carbocycles. The summed E-state index contributed by atoms with van der Waals surface area (Å²) in [5, 5.41) is 0. The number of carbonyl (C=O) groups is 1. The topological polar surface area (TPSA) is 83.5 Å². The van der Waals surface area contributed by atoms with E-state index in [2.05, 4.69) is 14.9 Å². The van der Waals surface area contributed by atoms with Gasteiger partial charge in [0, 0.05) is 44.5 Å². The molecule has 26 heavy (non-hydrogen) atoms. The number of piperidine rings is 2. The minimum atomic E-state index is -0.227. The third-order valence-corrected chi connectivity index (χ3v) is 5.77. The minimum Gasteiger partial charge on any atom is -0.453 e. The Balaban J connectivity index is 1.38. The second-order valence-electron chi connectivity index (χ2n) is 7.13. The van der Waals surface area contributed by atoms with Crippen LogP contribution in [-0.4, -0.2) is 69.8 Å². The second-order valence-corrected chi connectivity index (χ2v) is 7.13. The van der Waals surface area contributed by atoms with Crippen LogP contribution in [0.15, 0.2) is 23.1 Å². The Morgan fingerprint density at radius 1 is 1.15 bits per heavy atom. The van der Waals surface area contributed by atoms with Crippen LogP contribution in [0.1, 0.15) is 31.7 Å². The number of ether oxygens (including phenoxy) is 1. The molecular weight excluding hydrogens is 334 g/mol. The van der Waals surface area contributed by atoms with Gasteiger partial charge in [-0.15, -0.1) is 0 Å². The molecule has 0 atom stereocenters. The number of aromatic nitrogens is 3. The summed E-state index contributed by atoms with van der Waals surface area (Å²) in [7, 11) is 1.43. The first kappa shape index (κ1) is 17.1. The van der Waals surface area contributed by atoms with Crippen LogP contribution >= 0.6 is 0 Å². The Kier molecular flexibility index (Phi) is 4.67. The van der Waals surface area contributed by atoms with Gasteiger partial charge < -0.3 is 14.5 Å². The molecule has 0 spiro atoms. The zero-order valence-corrected chi connectivity index (χ0v) is 15.1. The summed E-state index contributed by atoms with van der Waals surface area (Å²) in [5.41, 5.74) is 1.49. The van der Waals surface area contributed by atoms with Gasteiger partial charge in [0.15, 0.2) is 5.65 Å². The second kappa shape index (κ2) is 7.11. The van der Waals surface area contributed by atoms with E-state index < -0.39 is 0 Å². The molecule has 2 aromatic heterocycles. The minimum absolute atomic E-state index is 0.0662. The van der Waals surface area contributed by atoms with Crippen LogP contribution in [0.25, 0.3) is 11.2 Å². The van der Waals surface area contributed by atoms with Gasteiger partial charge in [-0.05, 0) is 37.8 Å². The van der Waals surface area contributed by atoms with Gasteiger partial charge in [0.25, 0.3) is 0 Å². The number of hydrogen-bond donors (Lipinski definition) is 1. The monoisotopic (exact) mass is 359 g/mol. The van der Waals surface area contributed by atoms with Crippen LogP contribution < -0.4 is 5.69 Å². The van der Waals surface area contributed by atoms with Crippen molar-refractivity contribution in [2.45, 2.75) is 37.8 Å². The van der Waals surface area contributed by atoms with Gasteiger partial charge in [0.1, 0.15) is 0 Å². The SMILES string of the molecule is COC(=O)N1CCC(N2CCC(n3c(=O)[nH]c4ncccc43)CC2)CC1. The summed E-state index contributed by atoms with van der Waals surface area (Å²) in [6, 6.07) is 4.55. The molecule has 1 N–H and O–H groups in total. The van der Waals surface area contributed by atoms with E-state index in [9.17, 15) is 9.59 Å². The van der Waals surface area contributed by atoms with E-state index in [1.165, 1.54) is 7.11 Å². The zero-order chi connectivity index (χ0) is 18.1. The highest BCUT2D eigenvalue weighted by Crippen LogP contribution is 2.28. The Labute approximate surface area is 151 Å². The Bertz CT molecular complexity index is 829. The Morgan fingerprint density at radius 2 is 1.85 bits per heavy atom. The lowest BCUT2D eigenvalue weighted by molar-refractivity contribution is 0.0686. The number of carbonyl (C=O) groups excluding carboxylic acids is 1. The molecule has 4 rings (SSSR count). The molecule has 0 saturated carbocycles. The number of H-pyrrole nitrogens is 1. The molecule has 0 unspecified atom stereocenters. The summed E-state index contributed by atoms with van der Waals surface area (Å²) >= 11 is 0. The van der Waals surface area contributed by atoms with E-state index in [4.69, 9.17) is 4.74 Å². The molecule has 2 aliphatic rings. The highest BCUT2D eigenvalue weighted by Gasteiger charge is 2.31. The fraction of sp³-hybridized carbons (Fsp3) is 0.611. The molecule has 0 radical (unpaired) electrons. The van der Waals surface area contributed by atoms with E-state index in [-0.39, 0.29) is 17.8 Å². The van der Waals surface area contributed by atoms with E-state index >= 15 is 0 Å². The van der Waals surface area contributed by atoms with Crippen LogP contribution in [0.2, 0.25) is 0 Å². The van der Waals surface area contributed by atoms with Crippen LogP contribution in [0.4, 0.5) is 4.79 Å². The lowest BCUT2D eigenvalue weighted by Gasteiger charge is -2.41. The van der Waals surface area contributed by atoms with Crippen LogP contribution in [0.5, 0.6) is 0 Å². The number of fused-ring (bicyclic) bond motifs is 1. The molecule has 8 heteroatoms. The van der Waals surface area contributed by atoms with Crippen LogP contribution in [0.3, 0.4) is 0 Å². The molecule has 8 nitrogen and oxygen atoms in total. The van der Waals surface area contributed by atoms with E-state index in [0.29, 0.717) is 11.7 Å². The van der Waals surface area contributed by atoms with Gasteiger partial charge in [0.05, 0.1) is 12.6 Å². The molecular formula is C18H25N5O3. The third kappa shape index (κ3) is 3.09. The van der Waals surface area contributed by atoms with Crippen molar-refractivity contribution < 1.29 is 9.53 Å². The molecule has 0 aromatic carbocycles. The van der Waals surface area contributed by atoms with E-state index in [0.717, 1.165) is 57.4 Å². The Hall–Kier alpha value is -2.35. The van der Waals surface area contributed by atoms with Crippen molar-refractivity contribution in [3.63, 3.8) is 0 Å². The maximum absolute atomic E-state index is 12.4. The normalized spacial score (nSPS) is 20.6. The van der Waals surface area contributed by atoms with Crippen LogP contribution in [-0.2, 0) is 4.74 Å². The number of rotatable bonds is 2. The number of likely N-dealkylation sites (tertiary alicyclic amines) is 2. The van der Waals surface area contributed by atoms with Crippen molar-refractivity contribution >= 4 is 17.3 Å². The number of nitrogens with one attached hydrogen (secondary N) is 1. The summed E-state index contributed by atoms with van der Waals surface area (Å²) in [6.45, 7) is 3.47. The lowest BCUT2D eigenvalue weighted by Crippen LogP contribution is -2.49. The number of aromatic amines is 1. The summed E-state index contributed by atoms with van der Waals surface area (Å²) < 4.78 is 6.68. The Morgan fingerprint density at radius 3 is 2.54 bits per heavy atom. The maximum atomic E-state index is 12.4. The van der Waals surface area contributed by atoms with Gasteiger partial charge >= 0.3 is 11.8 Å². The standard InChI is InChI=1S/C18H25N5O3/c1-26-18(25)22-11-4-13(5-12-22)21-9-6-14(7-10-21)23-15-3-2-8-19-16(15)20-17(23)24/h2-3,8,13-14H,4-7,9-12H2,1H3,(H,19,20,24). The summed E-state index contributed by atoms with van der Waals surface area (Å²) in [6.07, 6.45) is 5.35. The fourth-order valence-electron chi connectivity index (χ4n) is 4.37. The molecule has 4 heterocycles. The van der Waals surface area contributed by atoms with Crippen molar-refractivity contribution in [1.82, 2.24) is 24.3 Å². The predicted octanol–water partition coefficient (Wildman–Crippen LogP) is 1.59. The predicted molar refractivity (Wildman–Crippen MR) is 97.2 cm³/mol. The smallest absolute Gasteiger partial charge is 0.409 e. The van der Waals surface area contributed by atoms with Crippen molar-refractivity contribution in [3.05, 3.63) is 28.8 Å². The van der Waals surface area contributed by atoms with Gasteiger partial charge in [0.2, 0.25) is 0 Å². The average molecular weight is 359 g/mol. The molecule has 2 aliphatic heterocycles. The van der Waals surface area contributed by atoms with Crippen molar-refractivity contribution in [2.75, 3.05) is 33.3 Å². The molecule has 2 fully saturated rings. The maximum Gasteiger partial charge on any atom is 0.409 e. The molecule has 2 aromatic rings. The number of methoxy groups -OCH3 is 1. The van der Waals surface area contributed by atoms with Gasteiger partial charge in [-0.1, -0.05) is 0 Å².